The average molecular weight is 488 g/mol. The molecule has 0 spiro atoms. The van der Waals surface area contributed by atoms with E-state index in [2.05, 4.69) is 36.4 Å². The van der Waals surface area contributed by atoms with Gasteiger partial charge in [0.15, 0.2) is 5.78 Å². The molecule has 1 aliphatic heterocycles. The van der Waals surface area contributed by atoms with Crippen molar-refractivity contribution in [2.75, 3.05) is 6.54 Å². The minimum absolute atomic E-state index is 0.0216. The van der Waals surface area contributed by atoms with Crippen LogP contribution < -0.4 is 4.74 Å². The van der Waals surface area contributed by atoms with E-state index in [9.17, 15) is 14.7 Å². The summed E-state index contributed by atoms with van der Waals surface area (Å²) in [7, 11) is 0. The van der Waals surface area contributed by atoms with Crippen LogP contribution in [0.4, 0.5) is 0 Å². The number of ether oxygens (including phenoxy) is 1. The van der Waals surface area contributed by atoms with Crippen molar-refractivity contribution in [2.45, 2.75) is 56.6 Å². The highest BCUT2D eigenvalue weighted by atomic mass is 32.2. The second kappa shape index (κ2) is 9.88. The zero-order valence-electron chi connectivity index (χ0n) is 20.0. The molecule has 0 bridgehead atoms. The van der Waals surface area contributed by atoms with Crippen LogP contribution in [-0.4, -0.2) is 33.8 Å². The maximum absolute atomic E-state index is 12.3. The largest absolute Gasteiger partial charge is 0.488 e. The lowest BCUT2D eigenvalue weighted by Gasteiger charge is -2.23. The Balaban J connectivity index is 1.46. The highest BCUT2D eigenvalue weighted by molar-refractivity contribution is 7.97. The lowest BCUT2D eigenvalue weighted by molar-refractivity contribution is -0.137. The first-order chi connectivity index (χ1) is 16.9. The molecule has 0 radical (unpaired) electrons. The number of fused-ring (bicyclic) bond motifs is 2. The lowest BCUT2D eigenvalue weighted by atomic mass is 9.85. The first kappa shape index (κ1) is 23.6. The van der Waals surface area contributed by atoms with Gasteiger partial charge in [0.1, 0.15) is 11.9 Å². The van der Waals surface area contributed by atoms with Crippen molar-refractivity contribution >= 4 is 23.7 Å². The third-order valence-electron chi connectivity index (χ3n) is 6.82. The molecule has 5 rings (SSSR count). The van der Waals surface area contributed by atoms with Gasteiger partial charge in [0.05, 0.1) is 11.3 Å². The van der Waals surface area contributed by atoms with Crippen molar-refractivity contribution in [3.63, 3.8) is 0 Å². The number of carboxylic acid groups (broad SMARTS) is 1. The van der Waals surface area contributed by atoms with Crippen LogP contribution in [0.3, 0.4) is 0 Å². The Morgan fingerprint density at radius 2 is 1.89 bits per heavy atom. The molecule has 5 nitrogen and oxygen atoms in total. The van der Waals surface area contributed by atoms with Crippen LogP contribution in [0.5, 0.6) is 5.75 Å². The molecule has 1 N–H and O–H groups in total. The van der Waals surface area contributed by atoms with E-state index in [4.69, 9.17) is 4.74 Å². The van der Waals surface area contributed by atoms with Gasteiger partial charge in [0.2, 0.25) is 0 Å². The van der Waals surface area contributed by atoms with Crippen LogP contribution in [0.15, 0.2) is 65.6 Å². The van der Waals surface area contributed by atoms with Crippen LogP contribution in [0.25, 0.3) is 0 Å². The molecule has 35 heavy (non-hydrogen) atoms. The maximum Gasteiger partial charge on any atom is 0.304 e. The number of carboxylic acids is 1. The van der Waals surface area contributed by atoms with E-state index in [-0.39, 0.29) is 24.2 Å². The van der Waals surface area contributed by atoms with E-state index < -0.39 is 5.97 Å². The van der Waals surface area contributed by atoms with Gasteiger partial charge in [-0.3, -0.25) is 9.59 Å². The molecule has 0 aromatic heterocycles. The summed E-state index contributed by atoms with van der Waals surface area (Å²) in [6.07, 6.45) is 1.34. The molecule has 1 aliphatic carbocycles. The van der Waals surface area contributed by atoms with Gasteiger partial charge in [0, 0.05) is 31.0 Å². The van der Waals surface area contributed by atoms with Crippen molar-refractivity contribution in [1.29, 1.82) is 0 Å². The summed E-state index contributed by atoms with van der Waals surface area (Å²) in [6, 6.07) is 20.2. The summed E-state index contributed by atoms with van der Waals surface area (Å²) in [5.41, 5.74) is 5.98. The zero-order valence-corrected chi connectivity index (χ0v) is 20.8. The predicted molar refractivity (Wildman–Crippen MR) is 137 cm³/mol. The number of nitrogens with zero attached hydrogens (tertiary/aromatic N) is 1. The molecule has 0 saturated carbocycles. The van der Waals surface area contributed by atoms with Gasteiger partial charge in [0.25, 0.3) is 0 Å². The highest BCUT2D eigenvalue weighted by Gasteiger charge is 2.25. The molecule has 0 amide bonds. The number of ketones is 1. The average Bonchev–Trinajstić information content (AvgIpc) is 3.11. The van der Waals surface area contributed by atoms with Crippen molar-refractivity contribution in [3.8, 4) is 5.75 Å². The van der Waals surface area contributed by atoms with Gasteiger partial charge >= 0.3 is 5.97 Å². The van der Waals surface area contributed by atoms with E-state index in [0.717, 1.165) is 58.0 Å². The number of Topliss-reactive ketones (excluding diaryl/α,β-unsaturated/α-hetero) is 1. The SMILES string of the molecule is Cc1ccc(C(CC(=O)O)c2ccc3c(c2)C(=O)CC3)cc1CN1CC(C)Oc2ccccc2S1. The number of hydrogen-bond donors (Lipinski definition) is 1. The standard InChI is InChI=1S/C29H29NO4S/c1-18-7-8-21(24(15-29(32)33)22-10-9-20-11-12-26(31)25(20)14-22)13-23(18)17-30-16-19(2)34-27-5-3-4-6-28(27)35-30/h3-10,13-14,19,24H,11-12,15-17H2,1-2H3,(H,32,33). The van der Waals surface area contributed by atoms with Gasteiger partial charge in [-0.15, -0.1) is 0 Å². The Labute approximate surface area is 210 Å². The molecule has 180 valence electrons. The van der Waals surface area contributed by atoms with Gasteiger partial charge < -0.3 is 9.84 Å². The first-order valence-electron chi connectivity index (χ1n) is 12.0. The van der Waals surface area contributed by atoms with Crippen molar-refractivity contribution in [2.24, 2.45) is 0 Å². The van der Waals surface area contributed by atoms with E-state index in [1.807, 2.05) is 42.5 Å². The minimum atomic E-state index is -0.852. The predicted octanol–water partition coefficient (Wildman–Crippen LogP) is 6.02. The number of aliphatic carboxylic acids is 1. The summed E-state index contributed by atoms with van der Waals surface area (Å²) >= 11 is 1.70. The minimum Gasteiger partial charge on any atom is -0.488 e. The smallest absolute Gasteiger partial charge is 0.304 e. The van der Waals surface area contributed by atoms with Gasteiger partial charge in [-0.1, -0.05) is 42.5 Å². The Morgan fingerprint density at radius 3 is 2.71 bits per heavy atom. The first-order valence-corrected chi connectivity index (χ1v) is 12.8. The van der Waals surface area contributed by atoms with E-state index in [0.29, 0.717) is 6.42 Å². The van der Waals surface area contributed by atoms with Crippen LogP contribution in [0.1, 0.15) is 63.9 Å². The summed E-state index contributed by atoms with van der Waals surface area (Å²) in [5.74, 6) is -0.110. The molecule has 6 heteroatoms. The van der Waals surface area contributed by atoms with E-state index in [1.165, 1.54) is 5.56 Å². The molecule has 3 aromatic carbocycles. The van der Waals surface area contributed by atoms with Crippen molar-refractivity contribution in [3.05, 3.63) is 94.0 Å². The molecule has 2 aliphatic rings. The van der Waals surface area contributed by atoms with Gasteiger partial charge in [-0.25, -0.2) is 4.31 Å². The van der Waals surface area contributed by atoms with E-state index >= 15 is 0 Å². The van der Waals surface area contributed by atoms with Crippen LogP contribution in [0, 0.1) is 6.92 Å². The molecule has 2 unspecified atom stereocenters. The van der Waals surface area contributed by atoms with E-state index in [1.54, 1.807) is 11.9 Å². The fourth-order valence-corrected chi connectivity index (χ4v) is 6.09. The number of carbonyl (C=O) groups excluding carboxylic acids is 1. The summed E-state index contributed by atoms with van der Waals surface area (Å²) < 4.78 is 8.42. The van der Waals surface area contributed by atoms with Crippen LogP contribution >= 0.6 is 11.9 Å². The monoisotopic (exact) mass is 487 g/mol. The molecular weight excluding hydrogens is 458 g/mol. The van der Waals surface area contributed by atoms with Crippen LogP contribution in [0.2, 0.25) is 0 Å². The van der Waals surface area contributed by atoms with Gasteiger partial charge in [-0.2, -0.15) is 0 Å². The van der Waals surface area contributed by atoms with Crippen LogP contribution in [-0.2, 0) is 17.8 Å². The molecule has 0 saturated heterocycles. The number of aryl methyl sites for hydroxylation is 2. The highest BCUT2D eigenvalue weighted by Crippen LogP contribution is 2.37. The van der Waals surface area contributed by atoms with Crippen molar-refractivity contribution in [1.82, 2.24) is 4.31 Å². The third-order valence-corrected chi connectivity index (χ3v) is 7.89. The normalized spacial score (nSPS) is 18.3. The Kier molecular flexibility index (Phi) is 6.67. The maximum atomic E-state index is 12.3. The second-order valence-electron chi connectivity index (χ2n) is 9.47. The molecule has 3 aromatic rings. The Bertz CT molecular complexity index is 1290. The van der Waals surface area contributed by atoms with Crippen molar-refractivity contribution < 1.29 is 19.4 Å². The number of benzene rings is 3. The Morgan fingerprint density at radius 1 is 1.11 bits per heavy atom. The second-order valence-corrected chi connectivity index (χ2v) is 10.6. The zero-order chi connectivity index (χ0) is 24.5. The van der Waals surface area contributed by atoms with Gasteiger partial charge in [-0.05, 0) is 78.2 Å². The summed E-state index contributed by atoms with van der Waals surface area (Å²) in [5, 5.41) is 9.70. The summed E-state index contributed by atoms with van der Waals surface area (Å²) in [4.78, 5) is 25.2. The quantitative estimate of drug-likeness (QED) is 0.429. The molecular formula is C29H29NO4S. The number of carbonyl (C=O) groups is 2. The number of rotatable bonds is 6. The lowest BCUT2D eigenvalue weighted by Crippen LogP contribution is -2.27. The molecule has 2 atom stereocenters. The summed E-state index contributed by atoms with van der Waals surface area (Å²) in [6.45, 7) is 5.66. The third kappa shape index (κ3) is 5.14. The molecule has 1 heterocycles. The Hall–Kier alpha value is -3.09. The number of hydrogen-bond acceptors (Lipinski definition) is 5. The fraction of sp³-hybridized carbons (Fsp3) is 0.310. The number of para-hydroxylation sites is 1. The molecule has 0 fully saturated rings. The topological polar surface area (TPSA) is 66.8 Å². The fourth-order valence-electron chi connectivity index (χ4n) is 4.98.